The van der Waals surface area contributed by atoms with Crippen molar-refractivity contribution in [2.75, 3.05) is 5.32 Å². The number of carbonyl (C=O) groups excluding carboxylic acids is 1. The van der Waals surface area contributed by atoms with Crippen molar-refractivity contribution in [2.24, 2.45) is 0 Å². The number of carboxylic acid groups (broad SMARTS) is 1. The van der Waals surface area contributed by atoms with Crippen molar-refractivity contribution in [1.29, 1.82) is 0 Å². The third-order valence-corrected chi connectivity index (χ3v) is 3.15. The number of rotatable bonds is 3. The fraction of sp³-hybridized carbons (Fsp3) is 0.133. The van der Waals surface area contributed by atoms with E-state index in [0.717, 1.165) is 10.8 Å². The Labute approximate surface area is 115 Å². The number of carbonyl (C=O) groups is 2. The number of nitrogens with one attached hydrogen (secondary N) is 1. The maximum Gasteiger partial charge on any atom is 0.331 e. The van der Waals surface area contributed by atoms with E-state index >= 15 is 0 Å². The fourth-order valence-corrected chi connectivity index (χ4v) is 1.78. The molecular formula is C15H14N2O3. The zero-order valence-electron chi connectivity index (χ0n) is 11.2. The summed E-state index contributed by atoms with van der Waals surface area (Å²) in [5, 5.41) is 13.4. The maximum atomic E-state index is 12.1. The van der Waals surface area contributed by atoms with Crippen LogP contribution in [-0.2, 0) is 9.59 Å². The second kappa shape index (κ2) is 5.52. The van der Waals surface area contributed by atoms with Crippen LogP contribution in [-0.4, -0.2) is 22.0 Å². The van der Waals surface area contributed by atoms with E-state index in [-0.39, 0.29) is 11.1 Å². The predicted molar refractivity (Wildman–Crippen MR) is 76.4 cm³/mol. The van der Waals surface area contributed by atoms with Crippen LogP contribution in [0.4, 0.5) is 5.69 Å². The lowest BCUT2D eigenvalue weighted by molar-refractivity contribution is -0.133. The van der Waals surface area contributed by atoms with Crippen LogP contribution in [0.3, 0.4) is 0 Å². The van der Waals surface area contributed by atoms with Gasteiger partial charge in [0.1, 0.15) is 0 Å². The van der Waals surface area contributed by atoms with Gasteiger partial charge in [0.2, 0.25) is 0 Å². The van der Waals surface area contributed by atoms with Crippen molar-refractivity contribution in [2.45, 2.75) is 13.8 Å². The molecular weight excluding hydrogens is 256 g/mol. The van der Waals surface area contributed by atoms with Gasteiger partial charge < -0.3 is 10.4 Å². The molecule has 5 nitrogen and oxygen atoms in total. The van der Waals surface area contributed by atoms with Crippen molar-refractivity contribution in [1.82, 2.24) is 4.98 Å². The molecule has 1 amide bonds. The number of carboxylic acids is 1. The summed E-state index contributed by atoms with van der Waals surface area (Å²) in [6, 6.07) is 7.27. The summed E-state index contributed by atoms with van der Waals surface area (Å²) in [5.74, 6) is -1.52. The Morgan fingerprint density at radius 3 is 2.60 bits per heavy atom. The zero-order chi connectivity index (χ0) is 14.7. The van der Waals surface area contributed by atoms with Crippen LogP contribution in [0.5, 0.6) is 0 Å². The van der Waals surface area contributed by atoms with E-state index in [1.165, 1.54) is 13.8 Å². The van der Waals surface area contributed by atoms with E-state index in [1.54, 1.807) is 24.5 Å². The average Bonchev–Trinajstić information content (AvgIpc) is 2.46. The number of benzene rings is 1. The number of aromatic nitrogens is 1. The first kappa shape index (κ1) is 13.7. The monoisotopic (exact) mass is 270 g/mol. The highest BCUT2D eigenvalue weighted by Crippen LogP contribution is 2.22. The molecule has 0 saturated carbocycles. The molecule has 2 rings (SSSR count). The second-order valence-corrected chi connectivity index (χ2v) is 4.41. The molecule has 1 aromatic heterocycles. The number of anilines is 1. The standard InChI is InChI=1S/C15H14N2O3/c1-9(10(2)15(19)20)14(18)17-13-5-3-4-11-8-16-7-6-12(11)13/h3-8H,1-2H3,(H,17,18)(H,19,20). The molecule has 1 aromatic carbocycles. The normalized spacial score (nSPS) is 11.9. The number of nitrogens with zero attached hydrogens (tertiary/aromatic N) is 1. The summed E-state index contributed by atoms with van der Waals surface area (Å²) in [4.78, 5) is 26.9. The number of amides is 1. The number of aliphatic carboxylic acids is 1. The van der Waals surface area contributed by atoms with Gasteiger partial charge >= 0.3 is 5.97 Å². The largest absolute Gasteiger partial charge is 0.478 e. The highest BCUT2D eigenvalue weighted by molar-refractivity contribution is 6.11. The van der Waals surface area contributed by atoms with E-state index in [0.29, 0.717) is 5.69 Å². The molecule has 0 atom stereocenters. The second-order valence-electron chi connectivity index (χ2n) is 4.41. The zero-order valence-corrected chi connectivity index (χ0v) is 11.2. The quantitative estimate of drug-likeness (QED) is 0.840. The third kappa shape index (κ3) is 2.66. The first-order valence-corrected chi connectivity index (χ1v) is 6.05. The Balaban J connectivity index is 2.36. The Morgan fingerprint density at radius 1 is 1.15 bits per heavy atom. The van der Waals surface area contributed by atoms with Crippen LogP contribution in [0.15, 0.2) is 47.8 Å². The van der Waals surface area contributed by atoms with Gasteiger partial charge in [-0.15, -0.1) is 0 Å². The topological polar surface area (TPSA) is 79.3 Å². The van der Waals surface area contributed by atoms with Crippen LogP contribution in [0.25, 0.3) is 10.8 Å². The smallest absolute Gasteiger partial charge is 0.331 e. The third-order valence-electron chi connectivity index (χ3n) is 3.15. The highest BCUT2D eigenvalue weighted by Gasteiger charge is 2.13. The van der Waals surface area contributed by atoms with Gasteiger partial charge in [0, 0.05) is 40.0 Å². The molecule has 0 aliphatic carbocycles. The van der Waals surface area contributed by atoms with E-state index in [9.17, 15) is 9.59 Å². The highest BCUT2D eigenvalue weighted by atomic mass is 16.4. The fourth-order valence-electron chi connectivity index (χ4n) is 1.78. The number of pyridine rings is 1. The molecule has 0 unspecified atom stereocenters. The molecule has 0 bridgehead atoms. The Hall–Kier alpha value is -2.69. The summed E-state index contributed by atoms with van der Waals surface area (Å²) in [6.45, 7) is 2.90. The predicted octanol–water partition coefficient (Wildman–Crippen LogP) is 2.59. The first-order valence-electron chi connectivity index (χ1n) is 6.05. The van der Waals surface area contributed by atoms with Gasteiger partial charge in [-0.1, -0.05) is 12.1 Å². The minimum absolute atomic E-state index is 0.0319. The molecule has 20 heavy (non-hydrogen) atoms. The number of hydrogen-bond donors (Lipinski definition) is 2. The molecule has 2 N–H and O–H groups in total. The molecule has 1 heterocycles. The van der Waals surface area contributed by atoms with Gasteiger partial charge in [0.15, 0.2) is 0 Å². The van der Waals surface area contributed by atoms with E-state index in [2.05, 4.69) is 10.3 Å². The van der Waals surface area contributed by atoms with Crippen LogP contribution in [0.1, 0.15) is 13.8 Å². The van der Waals surface area contributed by atoms with Gasteiger partial charge in [-0.25, -0.2) is 4.79 Å². The number of hydrogen-bond acceptors (Lipinski definition) is 3. The SMILES string of the molecule is CC(C(=O)O)=C(C)C(=O)Nc1cccc2cnccc12. The lowest BCUT2D eigenvalue weighted by Crippen LogP contribution is -2.16. The van der Waals surface area contributed by atoms with Crippen molar-refractivity contribution in [3.63, 3.8) is 0 Å². The first-order chi connectivity index (χ1) is 9.50. The summed E-state index contributed by atoms with van der Waals surface area (Å²) in [5.41, 5.74) is 0.848. The number of fused-ring (bicyclic) bond motifs is 1. The van der Waals surface area contributed by atoms with Crippen LogP contribution in [0, 0.1) is 0 Å². The van der Waals surface area contributed by atoms with Crippen molar-refractivity contribution >= 4 is 28.3 Å². The van der Waals surface area contributed by atoms with E-state index in [4.69, 9.17) is 5.11 Å². The van der Waals surface area contributed by atoms with E-state index in [1.807, 2.05) is 12.1 Å². The molecule has 0 aliphatic rings. The van der Waals surface area contributed by atoms with E-state index < -0.39 is 11.9 Å². The molecule has 5 heteroatoms. The maximum absolute atomic E-state index is 12.1. The minimum Gasteiger partial charge on any atom is -0.478 e. The Morgan fingerprint density at radius 2 is 1.90 bits per heavy atom. The summed E-state index contributed by atoms with van der Waals surface area (Å²) in [7, 11) is 0. The summed E-state index contributed by atoms with van der Waals surface area (Å²) in [6.07, 6.45) is 3.35. The van der Waals surface area contributed by atoms with Gasteiger partial charge in [-0.05, 0) is 26.0 Å². The van der Waals surface area contributed by atoms with Gasteiger partial charge in [-0.3, -0.25) is 9.78 Å². The average molecular weight is 270 g/mol. The van der Waals surface area contributed by atoms with Crippen molar-refractivity contribution in [3.8, 4) is 0 Å². The lowest BCUT2D eigenvalue weighted by Gasteiger charge is -2.09. The molecule has 0 aliphatic heterocycles. The van der Waals surface area contributed by atoms with Crippen LogP contribution in [0.2, 0.25) is 0 Å². The summed E-state index contributed by atoms with van der Waals surface area (Å²) >= 11 is 0. The minimum atomic E-state index is -1.10. The van der Waals surface area contributed by atoms with Crippen molar-refractivity contribution in [3.05, 3.63) is 47.8 Å². The molecule has 0 spiro atoms. The summed E-state index contributed by atoms with van der Waals surface area (Å²) < 4.78 is 0. The molecule has 0 saturated heterocycles. The molecule has 0 radical (unpaired) electrons. The van der Waals surface area contributed by atoms with Crippen LogP contribution < -0.4 is 5.32 Å². The molecule has 102 valence electrons. The Bertz CT molecular complexity index is 715. The van der Waals surface area contributed by atoms with Crippen molar-refractivity contribution < 1.29 is 14.7 Å². The molecule has 2 aromatic rings. The molecule has 0 fully saturated rings. The lowest BCUT2D eigenvalue weighted by atomic mass is 10.1. The van der Waals surface area contributed by atoms with Gasteiger partial charge in [0.25, 0.3) is 5.91 Å². The van der Waals surface area contributed by atoms with Gasteiger partial charge in [0.05, 0.1) is 0 Å². The Kier molecular flexibility index (Phi) is 3.79. The van der Waals surface area contributed by atoms with Gasteiger partial charge in [-0.2, -0.15) is 0 Å². The van der Waals surface area contributed by atoms with Crippen LogP contribution >= 0.6 is 0 Å².